The van der Waals surface area contributed by atoms with E-state index in [0.717, 1.165) is 28.3 Å². The molecule has 1 amide bonds. The summed E-state index contributed by atoms with van der Waals surface area (Å²) in [7, 11) is 1.64. The fourth-order valence-electron chi connectivity index (χ4n) is 3.13. The average molecular weight is 311 g/mol. The molecule has 0 radical (unpaired) electrons. The maximum Gasteiger partial charge on any atom is 0.225 e. The minimum Gasteiger partial charge on any atom is -0.497 e. The van der Waals surface area contributed by atoms with Gasteiger partial charge in [0, 0.05) is 24.1 Å². The Morgan fingerprint density at radius 2 is 1.78 bits per heavy atom. The quantitative estimate of drug-likeness (QED) is 0.926. The Balaban J connectivity index is 1.78. The number of nitrogens with one attached hydrogen (secondary N) is 1. The van der Waals surface area contributed by atoms with Gasteiger partial charge in [0.25, 0.3) is 0 Å². The van der Waals surface area contributed by atoms with Gasteiger partial charge in [0.15, 0.2) is 11.5 Å². The fourth-order valence-corrected chi connectivity index (χ4v) is 3.13. The second-order valence-corrected chi connectivity index (χ2v) is 5.66. The van der Waals surface area contributed by atoms with Crippen molar-refractivity contribution in [3.05, 3.63) is 47.5 Å². The van der Waals surface area contributed by atoms with E-state index in [4.69, 9.17) is 14.2 Å². The molecule has 0 fully saturated rings. The Hall–Kier alpha value is -2.69. The highest BCUT2D eigenvalue weighted by Crippen LogP contribution is 2.44. The lowest BCUT2D eigenvalue weighted by atomic mass is 9.84. The van der Waals surface area contributed by atoms with E-state index < -0.39 is 0 Å². The van der Waals surface area contributed by atoms with Crippen molar-refractivity contribution in [1.82, 2.24) is 0 Å². The number of fused-ring (bicyclic) bond motifs is 2. The highest BCUT2D eigenvalue weighted by atomic mass is 16.6. The summed E-state index contributed by atoms with van der Waals surface area (Å²) >= 11 is 0. The molecule has 0 spiro atoms. The molecule has 2 aromatic carbocycles. The zero-order valence-corrected chi connectivity index (χ0v) is 12.8. The number of carbonyl (C=O) groups excluding carboxylic acids is 1. The number of anilines is 1. The third-order valence-electron chi connectivity index (χ3n) is 4.27. The topological polar surface area (TPSA) is 56.8 Å². The first-order valence-corrected chi connectivity index (χ1v) is 7.62. The molecule has 2 aliphatic rings. The second kappa shape index (κ2) is 5.50. The van der Waals surface area contributed by atoms with Crippen molar-refractivity contribution in [3.63, 3.8) is 0 Å². The van der Waals surface area contributed by atoms with Gasteiger partial charge in [-0.1, -0.05) is 12.1 Å². The number of ether oxygens (including phenoxy) is 3. The molecule has 1 N–H and O–H groups in total. The molecule has 5 nitrogen and oxygen atoms in total. The van der Waals surface area contributed by atoms with Crippen molar-refractivity contribution < 1.29 is 19.0 Å². The monoisotopic (exact) mass is 311 g/mol. The van der Waals surface area contributed by atoms with Crippen molar-refractivity contribution >= 4 is 11.6 Å². The van der Waals surface area contributed by atoms with Crippen molar-refractivity contribution in [1.29, 1.82) is 0 Å². The highest BCUT2D eigenvalue weighted by molar-refractivity contribution is 5.96. The Kier molecular flexibility index (Phi) is 3.33. The van der Waals surface area contributed by atoms with Gasteiger partial charge in [0.2, 0.25) is 5.91 Å². The van der Waals surface area contributed by atoms with E-state index in [9.17, 15) is 4.79 Å². The van der Waals surface area contributed by atoms with Crippen LogP contribution in [-0.4, -0.2) is 26.2 Å². The van der Waals surface area contributed by atoms with Crippen molar-refractivity contribution in [2.45, 2.75) is 12.3 Å². The van der Waals surface area contributed by atoms with Crippen LogP contribution in [-0.2, 0) is 4.79 Å². The molecule has 0 aromatic heterocycles. The molecule has 23 heavy (non-hydrogen) atoms. The van der Waals surface area contributed by atoms with Crippen molar-refractivity contribution in [3.8, 4) is 17.2 Å². The summed E-state index contributed by atoms with van der Waals surface area (Å²) in [6, 6.07) is 11.7. The molecule has 0 aliphatic carbocycles. The molecular weight excluding hydrogens is 294 g/mol. The molecule has 1 atom stereocenters. The summed E-state index contributed by atoms with van der Waals surface area (Å²) in [6.07, 6.45) is 0.416. The van der Waals surface area contributed by atoms with Crippen LogP contribution in [0.25, 0.3) is 0 Å². The number of benzene rings is 2. The summed E-state index contributed by atoms with van der Waals surface area (Å²) in [4.78, 5) is 12.1. The molecule has 118 valence electrons. The molecule has 0 saturated heterocycles. The Morgan fingerprint density at radius 1 is 1.09 bits per heavy atom. The molecule has 2 aliphatic heterocycles. The Labute approximate surface area is 134 Å². The molecule has 2 heterocycles. The molecular formula is C18H17NO4. The van der Waals surface area contributed by atoms with Crippen LogP contribution in [0.2, 0.25) is 0 Å². The van der Waals surface area contributed by atoms with Gasteiger partial charge in [-0.2, -0.15) is 0 Å². The Morgan fingerprint density at radius 3 is 2.48 bits per heavy atom. The number of rotatable bonds is 2. The number of hydrogen-bond donors (Lipinski definition) is 1. The number of methoxy groups -OCH3 is 1. The first-order valence-electron chi connectivity index (χ1n) is 7.62. The zero-order valence-electron chi connectivity index (χ0n) is 12.8. The van der Waals surface area contributed by atoms with E-state index in [1.165, 1.54) is 0 Å². The van der Waals surface area contributed by atoms with E-state index in [2.05, 4.69) is 5.32 Å². The molecule has 2 aromatic rings. The number of amides is 1. The van der Waals surface area contributed by atoms with Gasteiger partial charge in [0.1, 0.15) is 19.0 Å². The minimum atomic E-state index is 0.000447. The average Bonchev–Trinajstić information content (AvgIpc) is 2.59. The molecule has 4 rings (SSSR count). The maximum atomic E-state index is 12.1. The van der Waals surface area contributed by atoms with Crippen LogP contribution in [0.1, 0.15) is 23.5 Å². The van der Waals surface area contributed by atoms with Crippen molar-refractivity contribution in [2.24, 2.45) is 0 Å². The summed E-state index contributed by atoms with van der Waals surface area (Å²) in [5, 5.41) is 2.93. The normalized spacial score (nSPS) is 18.8. The van der Waals surface area contributed by atoms with Crippen LogP contribution >= 0.6 is 0 Å². The van der Waals surface area contributed by atoms with Crippen LogP contribution in [0.3, 0.4) is 0 Å². The second-order valence-electron chi connectivity index (χ2n) is 5.66. The summed E-state index contributed by atoms with van der Waals surface area (Å²) in [6.45, 7) is 1.08. The number of hydrogen-bond acceptors (Lipinski definition) is 4. The van der Waals surface area contributed by atoms with Crippen LogP contribution < -0.4 is 19.5 Å². The first-order chi connectivity index (χ1) is 11.2. The predicted octanol–water partition coefficient (Wildman–Crippen LogP) is 2.94. The predicted molar refractivity (Wildman–Crippen MR) is 85.5 cm³/mol. The van der Waals surface area contributed by atoms with E-state index in [1.54, 1.807) is 7.11 Å². The highest BCUT2D eigenvalue weighted by Gasteiger charge is 2.29. The van der Waals surface area contributed by atoms with Gasteiger partial charge in [0.05, 0.1) is 7.11 Å². The minimum absolute atomic E-state index is 0.000447. The smallest absolute Gasteiger partial charge is 0.225 e. The van der Waals surface area contributed by atoms with E-state index in [0.29, 0.717) is 25.4 Å². The fraction of sp³-hybridized carbons (Fsp3) is 0.278. The molecule has 0 bridgehead atoms. The van der Waals surface area contributed by atoms with Crippen LogP contribution in [0, 0.1) is 0 Å². The third kappa shape index (κ3) is 2.48. The van der Waals surface area contributed by atoms with Gasteiger partial charge in [-0.3, -0.25) is 4.79 Å². The lowest BCUT2D eigenvalue weighted by Crippen LogP contribution is -2.24. The van der Waals surface area contributed by atoms with Crippen LogP contribution in [0.4, 0.5) is 5.69 Å². The van der Waals surface area contributed by atoms with E-state index >= 15 is 0 Å². The van der Waals surface area contributed by atoms with Gasteiger partial charge < -0.3 is 19.5 Å². The largest absolute Gasteiger partial charge is 0.497 e. The van der Waals surface area contributed by atoms with E-state index in [-0.39, 0.29) is 11.8 Å². The summed E-state index contributed by atoms with van der Waals surface area (Å²) < 4.78 is 16.5. The maximum absolute atomic E-state index is 12.1. The number of carbonyl (C=O) groups is 1. The van der Waals surface area contributed by atoms with Gasteiger partial charge in [-0.15, -0.1) is 0 Å². The van der Waals surface area contributed by atoms with Gasteiger partial charge in [-0.05, 0) is 29.3 Å². The molecule has 0 saturated carbocycles. The third-order valence-corrected chi connectivity index (χ3v) is 4.27. The summed E-state index contributed by atoms with van der Waals surface area (Å²) in [5.41, 5.74) is 2.93. The zero-order chi connectivity index (χ0) is 15.8. The van der Waals surface area contributed by atoms with Crippen LogP contribution in [0.5, 0.6) is 17.2 Å². The van der Waals surface area contributed by atoms with Crippen LogP contribution in [0.15, 0.2) is 36.4 Å². The van der Waals surface area contributed by atoms with Gasteiger partial charge >= 0.3 is 0 Å². The lowest BCUT2D eigenvalue weighted by molar-refractivity contribution is -0.116. The Bertz CT molecular complexity index is 754. The summed E-state index contributed by atoms with van der Waals surface area (Å²) in [5.74, 6) is 2.24. The van der Waals surface area contributed by atoms with E-state index in [1.807, 2.05) is 36.4 Å². The van der Waals surface area contributed by atoms with Crippen molar-refractivity contribution in [2.75, 3.05) is 25.6 Å². The SMILES string of the molecule is COc1ccc(C2CC(=O)Nc3cc4c(cc32)OCCO4)cc1. The molecule has 5 heteroatoms. The lowest BCUT2D eigenvalue weighted by Gasteiger charge is -2.29. The standard InChI is InChI=1S/C18H17NO4/c1-21-12-4-2-11(3-5-12)13-9-18(20)19-15-10-17-16(8-14(13)15)22-6-7-23-17/h2-5,8,10,13H,6-7,9H2,1H3,(H,19,20). The molecule has 1 unspecified atom stereocenters. The van der Waals surface area contributed by atoms with Gasteiger partial charge in [-0.25, -0.2) is 0 Å². The first kappa shape index (κ1) is 13.9.